The molecule has 0 unspecified atom stereocenters. The molecule has 0 fully saturated rings. The molecule has 0 aromatic heterocycles. The number of hydrogen-bond acceptors (Lipinski definition) is 5. The van der Waals surface area contributed by atoms with Crippen LogP contribution in [0.1, 0.15) is 18.1 Å². The number of carbonyl (C=O) groups is 1. The van der Waals surface area contributed by atoms with E-state index in [0.29, 0.717) is 0 Å². The fourth-order valence-corrected chi connectivity index (χ4v) is 1.44. The minimum Gasteiger partial charge on any atom is -0.490 e. The first-order valence-corrected chi connectivity index (χ1v) is 4.68. The zero-order chi connectivity index (χ0) is 13.0. The van der Waals surface area contributed by atoms with Crippen LogP contribution in [-0.4, -0.2) is 28.2 Å². The first-order valence-electron chi connectivity index (χ1n) is 4.68. The van der Waals surface area contributed by atoms with Gasteiger partial charge in [0.1, 0.15) is 0 Å². The molecule has 2 N–H and O–H groups in total. The summed E-state index contributed by atoms with van der Waals surface area (Å²) in [6, 6.07) is 4.12. The zero-order valence-electron chi connectivity index (χ0n) is 8.99. The lowest BCUT2D eigenvalue weighted by Gasteiger charge is -2.10. The van der Waals surface area contributed by atoms with Crippen molar-refractivity contribution in [2.24, 2.45) is 0 Å². The van der Waals surface area contributed by atoms with Crippen molar-refractivity contribution < 1.29 is 24.7 Å². The van der Waals surface area contributed by atoms with E-state index in [0.717, 1.165) is 0 Å². The first-order chi connectivity index (χ1) is 7.97. The van der Waals surface area contributed by atoms with Crippen LogP contribution in [0.5, 0.6) is 5.75 Å². The quantitative estimate of drug-likeness (QED) is 0.590. The van der Waals surface area contributed by atoms with Gasteiger partial charge in [0.15, 0.2) is 5.75 Å². The average Bonchev–Trinajstić information content (AvgIpc) is 2.26. The summed E-state index contributed by atoms with van der Waals surface area (Å²) in [5, 5.41) is 29.0. The second kappa shape index (κ2) is 5.26. The van der Waals surface area contributed by atoms with Crippen LogP contribution in [0.25, 0.3) is 0 Å². The Morgan fingerprint density at radius 3 is 2.71 bits per heavy atom. The van der Waals surface area contributed by atoms with Gasteiger partial charge in [0, 0.05) is 0 Å². The number of aliphatic hydroxyl groups is 1. The molecule has 92 valence electrons. The van der Waals surface area contributed by atoms with E-state index in [2.05, 4.69) is 0 Å². The Bertz CT molecular complexity index is 444. The predicted molar refractivity (Wildman–Crippen MR) is 56.9 cm³/mol. The molecule has 1 aromatic carbocycles. The highest BCUT2D eigenvalue weighted by molar-refractivity contribution is 5.68. The normalized spacial score (nSPS) is 11.9. The molecule has 0 amide bonds. The van der Waals surface area contributed by atoms with Gasteiger partial charge in [-0.1, -0.05) is 6.07 Å². The van der Waals surface area contributed by atoms with Gasteiger partial charge in [-0.05, 0) is 12.1 Å². The van der Waals surface area contributed by atoms with Crippen molar-refractivity contribution in [2.75, 3.05) is 7.11 Å². The number of carboxylic acids is 1. The van der Waals surface area contributed by atoms with Gasteiger partial charge in [0.05, 0.1) is 30.1 Å². The van der Waals surface area contributed by atoms with Crippen molar-refractivity contribution in [1.82, 2.24) is 0 Å². The lowest BCUT2D eigenvalue weighted by molar-refractivity contribution is -0.387. The van der Waals surface area contributed by atoms with Gasteiger partial charge in [0.25, 0.3) is 0 Å². The van der Waals surface area contributed by atoms with Crippen molar-refractivity contribution in [3.63, 3.8) is 0 Å². The van der Waals surface area contributed by atoms with E-state index in [4.69, 9.17) is 9.84 Å². The monoisotopic (exact) mass is 241 g/mol. The maximum absolute atomic E-state index is 10.9. The van der Waals surface area contributed by atoms with Gasteiger partial charge in [-0.3, -0.25) is 14.9 Å². The molecule has 7 heteroatoms. The van der Waals surface area contributed by atoms with Crippen LogP contribution in [0.3, 0.4) is 0 Å². The molecule has 0 aliphatic heterocycles. The number of hydrogen-bond donors (Lipinski definition) is 2. The maximum atomic E-state index is 10.9. The number of ether oxygens (including phenoxy) is 1. The molecule has 17 heavy (non-hydrogen) atoms. The molecule has 7 nitrogen and oxygen atoms in total. The fourth-order valence-electron chi connectivity index (χ4n) is 1.44. The number of nitro benzene ring substituents is 1. The number of aliphatic hydroxyl groups excluding tert-OH is 1. The lowest BCUT2D eigenvalue weighted by atomic mass is 10.0. The van der Waals surface area contributed by atoms with Crippen molar-refractivity contribution in [3.05, 3.63) is 33.9 Å². The van der Waals surface area contributed by atoms with E-state index in [1.807, 2.05) is 0 Å². The summed E-state index contributed by atoms with van der Waals surface area (Å²) in [4.78, 5) is 20.6. The number of carboxylic acid groups (broad SMARTS) is 1. The van der Waals surface area contributed by atoms with Crippen molar-refractivity contribution in [3.8, 4) is 5.75 Å². The topological polar surface area (TPSA) is 110 Å². The standard InChI is InChI=1S/C10H11NO6/c1-17-8-4-2-3-6(10(8)11(15)16)7(12)5-9(13)14/h2-4,7,12H,5H2,1H3,(H,13,14)/t7-/m0/s1. The number of methoxy groups -OCH3 is 1. The zero-order valence-corrected chi connectivity index (χ0v) is 8.99. The van der Waals surface area contributed by atoms with Crippen LogP contribution < -0.4 is 4.74 Å². The van der Waals surface area contributed by atoms with E-state index in [9.17, 15) is 20.0 Å². The SMILES string of the molecule is COc1cccc([C@@H](O)CC(=O)O)c1[N+](=O)[O-]. The number of benzene rings is 1. The van der Waals surface area contributed by atoms with Crippen LogP contribution in [-0.2, 0) is 4.79 Å². The summed E-state index contributed by atoms with van der Waals surface area (Å²) in [5.74, 6) is -1.26. The second-order valence-electron chi connectivity index (χ2n) is 3.27. The first kappa shape index (κ1) is 12.9. The minimum atomic E-state index is -1.44. The Balaban J connectivity index is 3.22. The molecular formula is C10H11NO6. The minimum absolute atomic E-state index is 0.0167. The third-order valence-electron chi connectivity index (χ3n) is 2.16. The molecule has 0 radical (unpaired) electrons. The molecule has 1 atom stereocenters. The van der Waals surface area contributed by atoms with E-state index < -0.39 is 29.1 Å². The molecule has 1 aromatic rings. The number of aliphatic carboxylic acids is 1. The average molecular weight is 241 g/mol. The molecule has 0 bridgehead atoms. The highest BCUT2D eigenvalue weighted by Crippen LogP contribution is 2.35. The molecule has 0 spiro atoms. The van der Waals surface area contributed by atoms with Gasteiger partial charge in [-0.15, -0.1) is 0 Å². The third-order valence-corrected chi connectivity index (χ3v) is 2.16. The Labute approximate surface area is 96.4 Å². The Morgan fingerprint density at radius 2 is 2.24 bits per heavy atom. The van der Waals surface area contributed by atoms with Gasteiger partial charge in [-0.25, -0.2) is 0 Å². The van der Waals surface area contributed by atoms with E-state index >= 15 is 0 Å². The molecule has 0 aliphatic carbocycles. The Hall–Kier alpha value is -2.15. The molecule has 1 rings (SSSR count). The predicted octanol–water partition coefficient (Wildman–Crippen LogP) is 1.11. The third kappa shape index (κ3) is 2.91. The van der Waals surface area contributed by atoms with Crippen LogP contribution in [0.4, 0.5) is 5.69 Å². The van der Waals surface area contributed by atoms with E-state index in [1.165, 1.54) is 25.3 Å². The molecule has 0 saturated carbocycles. The maximum Gasteiger partial charge on any atom is 0.316 e. The Kier molecular flexibility index (Phi) is 4.00. The van der Waals surface area contributed by atoms with Crippen molar-refractivity contribution in [2.45, 2.75) is 12.5 Å². The van der Waals surface area contributed by atoms with Crippen LogP contribution in [0, 0.1) is 10.1 Å². The largest absolute Gasteiger partial charge is 0.490 e. The summed E-state index contributed by atoms with van der Waals surface area (Å²) in [7, 11) is 1.26. The summed E-state index contributed by atoms with van der Waals surface area (Å²) in [6.07, 6.45) is -2.04. The number of nitrogens with zero attached hydrogens (tertiary/aromatic N) is 1. The summed E-state index contributed by atoms with van der Waals surface area (Å²) in [5.41, 5.74) is -0.486. The highest BCUT2D eigenvalue weighted by atomic mass is 16.6. The van der Waals surface area contributed by atoms with Gasteiger partial charge in [0.2, 0.25) is 0 Å². The van der Waals surface area contributed by atoms with E-state index in [-0.39, 0.29) is 11.3 Å². The van der Waals surface area contributed by atoms with Crippen LogP contribution >= 0.6 is 0 Å². The summed E-state index contributed by atoms with van der Waals surface area (Å²) in [6.45, 7) is 0. The van der Waals surface area contributed by atoms with E-state index in [1.54, 1.807) is 0 Å². The van der Waals surface area contributed by atoms with Gasteiger partial charge >= 0.3 is 11.7 Å². The highest BCUT2D eigenvalue weighted by Gasteiger charge is 2.26. The van der Waals surface area contributed by atoms with Crippen LogP contribution in [0.15, 0.2) is 18.2 Å². The van der Waals surface area contributed by atoms with Crippen molar-refractivity contribution in [1.29, 1.82) is 0 Å². The second-order valence-corrected chi connectivity index (χ2v) is 3.27. The molecule has 0 heterocycles. The van der Waals surface area contributed by atoms with Crippen molar-refractivity contribution >= 4 is 11.7 Å². The van der Waals surface area contributed by atoms with Crippen LogP contribution in [0.2, 0.25) is 0 Å². The number of nitro groups is 1. The molecular weight excluding hydrogens is 230 g/mol. The summed E-state index contributed by atoms with van der Waals surface area (Å²) >= 11 is 0. The molecule has 0 saturated heterocycles. The van der Waals surface area contributed by atoms with Gasteiger partial charge in [-0.2, -0.15) is 0 Å². The Morgan fingerprint density at radius 1 is 1.59 bits per heavy atom. The number of rotatable bonds is 5. The number of para-hydroxylation sites is 1. The summed E-state index contributed by atoms with van der Waals surface area (Å²) < 4.78 is 4.80. The molecule has 0 aliphatic rings. The smallest absolute Gasteiger partial charge is 0.316 e. The lowest BCUT2D eigenvalue weighted by Crippen LogP contribution is -2.08. The van der Waals surface area contributed by atoms with Gasteiger partial charge < -0.3 is 14.9 Å². The fraction of sp³-hybridized carbons (Fsp3) is 0.300.